The molecule has 1 amide bonds. The second-order valence-corrected chi connectivity index (χ2v) is 4.00. The molecular formula is C11H16NO2SY-. The summed E-state index contributed by atoms with van der Waals surface area (Å²) in [4.78, 5) is 12.3. The van der Waals surface area contributed by atoms with Crippen LogP contribution in [0.1, 0.15) is 36.4 Å². The van der Waals surface area contributed by atoms with Gasteiger partial charge >= 0.3 is 0 Å². The number of ether oxygens (including phenoxy) is 1. The van der Waals surface area contributed by atoms with Crippen LogP contribution in [0.15, 0.2) is 11.4 Å². The van der Waals surface area contributed by atoms with Crippen LogP contribution >= 0.6 is 11.3 Å². The predicted molar refractivity (Wildman–Crippen MR) is 63.0 cm³/mol. The summed E-state index contributed by atoms with van der Waals surface area (Å²) < 4.78 is 5.33. The number of amides is 1. The number of rotatable bonds is 6. The van der Waals surface area contributed by atoms with Crippen molar-refractivity contribution in [3.05, 3.63) is 21.6 Å². The van der Waals surface area contributed by atoms with Gasteiger partial charge in [-0.05, 0) is 18.4 Å². The van der Waals surface area contributed by atoms with Gasteiger partial charge in [0.25, 0.3) is 0 Å². The first-order valence-corrected chi connectivity index (χ1v) is 6.09. The molecule has 1 aromatic rings. The minimum absolute atomic E-state index is 0. The van der Waals surface area contributed by atoms with Crippen LogP contribution in [0.5, 0.6) is 5.75 Å². The zero-order chi connectivity index (χ0) is 11.1. The minimum Gasteiger partial charge on any atom is -0.648 e. The molecule has 3 nitrogen and oxygen atoms in total. The van der Waals surface area contributed by atoms with Gasteiger partial charge in [0.2, 0.25) is 0 Å². The van der Waals surface area contributed by atoms with E-state index in [1.807, 2.05) is 18.4 Å². The number of unbranched alkanes of at least 4 members (excludes halogenated alkanes) is 1. The molecule has 0 aliphatic carbocycles. The zero-order valence-corrected chi connectivity index (χ0v) is 13.4. The molecule has 0 atom stereocenters. The molecule has 0 aliphatic rings. The first-order chi connectivity index (χ1) is 7.29. The largest absolute Gasteiger partial charge is 0.648 e. The molecule has 1 aromatic heterocycles. The van der Waals surface area contributed by atoms with Crippen molar-refractivity contribution in [2.24, 2.45) is 0 Å². The van der Waals surface area contributed by atoms with Gasteiger partial charge in [0, 0.05) is 32.7 Å². The topological polar surface area (TPSA) is 40.4 Å². The summed E-state index contributed by atoms with van der Waals surface area (Å²) in [6, 6.07) is 1.82. The number of nitrogens with zero attached hydrogens (tertiary/aromatic N) is 1. The van der Waals surface area contributed by atoms with Gasteiger partial charge in [-0.3, -0.25) is 0 Å². The molecule has 0 unspecified atom stereocenters. The summed E-state index contributed by atoms with van der Waals surface area (Å²) >= 11 is 1.39. The van der Waals surface area contributed by atoms with Crippen LogP contribution in [0.4, 0.5) is 0 Å². The summed E-state index contributed by atoms with van der Waals surface area (Å²) in [5.74, 6) is 0.509. The molecule has 1 heterocycles. The van der Waals surface area contributed by atoms with Gasteiger partial charge in [0.15, 0.2) is 0 Å². The fraction of sp³-hybridized carbons (Fsp3) is 0.545. The first kappa shape index (κ1) is 16.1. The summed E-state index contributed by atoms with van der Waals surface area (Å²) in [5.41, 5.74) is 0. The van der Waals surface area contributed by atoms with Crippen molar-refractivity contribution in [2.45, 2.75) is 26.7 Å². The molecule has 0 aromatic carbocycles. The molecule has 0 spiro atoms. The van der Waals surface area contributed by atoms with Crippen molar-refractivity contribution in [3.8, 4) is 5.75 Å². The molecular weight excluding hydrogens is 299 g/mol. The summed E-state index contributed by atoms with van der Waals surface area (Å²) in [5, 5.41) is 5.85. The Labute approximate surface area is 126 Å². The molecule has 1 rings (SSSR count). The number of thiophene rings is 1. The number of carbonyl (C=O) groups excluding carboxylic acids is 1. The third-order valence-corrected chi connectivity index (χ3v) is 2.77. The monoisotopic (exact) mass is 315 g/mol. The third kappa shape index (κ3) is 4.94. The average Bonchev–Trinajstić information content (AvgIpc) is 2.67. The summed E-state index contributed by atoms with van der Waals surface area (Å²) in [6.07, 6.45) is 2.01. The molecule has 1 radical (unpaired) electrons. The van der Waals surface area contributed by atoms with Gasteiger partial charge in [-0.25, -0.2) is 0 Å². The molecule has 5 heteroatoms. The van der Waals surface area contributed by atoms with Gasteiger partial charge in [-0.15, -0.1) is 17.9 Å². The van der Waals surface area contributed by atoms with Crippen LogP contribution in [0, 0.1) is 0 Å². The molecule has 0 fully saturated rings. The Morgan fingerprint density at radius 3 is 2.88 bits per heavy atom. The maximum atomic E-state index is 11.6. The van der Waals surface area contributed by atoms with Crippen molar-refractivity contribution in [1.82, 2.24) is 0 Å². The Kier molecular flexibility index (Phi) is 9.18. The Hall–Kier alpha value is 0.0739. The van der Waals surface area contributed by atoms with E-state index < -0.39 is 0 Å². The Morgan fingerprint density at radius 2 is 2.25 bits per heavy atom. The van der Waals surface area contributed by atoms with Gasteiger partial charge in [-0.2, -0.15) is 0 Å². The van der Waals surface area contributed by atoms with Crippen LogP contribution in [-0.2, 0) is 32.7 Å². The van der Waals surface area contributed by atoms with Gasteiger partial charge in [0.1, 0.15) is 5.75 Å². The Balaban J connectivity index is 0.00000225. The van der Waals surface area contributed by atoms with Crippen molar-refractivity contribution in [1.29, 1.82) is 0 Å². The Morgan fingerprint density at radius 1 is 1.50 bits per heavy atom. The van der Waals surface area contributed by atoms with E-state index >= 15 is 0 Å². The van der Waals surface area contributed by atoms with Crippen LogP contribution in [0.2, 0.25) is 0 Å². The smallest absolute Gasteiger partial charge is 0.139 e. The van der Waals surface area contributed by atoms with E-state index in [2.05, 4.69) is 12.2 Å². The normalized spacial score (nSPS) is 9.38. The van der Waals surface area contributed by atoms with E-state index in [0.717, 1.165) is 12.8 Å². The van der Waals surface area contributed by atoms with Crippen molar-refractivity contribution >= 4 is 17.2 Å². The maximum Gasteiger partial charge on any atom is 0.139 e. The van der Waals surface area contributed by atoms with E-state index in [4.69, 9.17) is 4.74 Å². The quantitative estimate of drug-likeness (QED) is 0.754. The molecule has 0 bridgehead atoms. The summed E-state index contributed by atoms with van der Waals surface area (Å²) in [6.45, 7) is 5.17. The molecule has 16 heavy (non-hydrogen) atoms. The maximum absolute atomic E-state index is 11.6. The molecule has 0 N–H and O–H groups in total. The Bertz CT molecular complexity index is 315. The molecule has 0 saturated carbocycles. The molecule has 0 aliphatic heterocycles. The van der Waals surface area contributed by atoms with E-state index in [-0.39, 0.29) is 38.6 Å². The van der Waals surface area contributed by atoms with Gasteiger partial charge in [0.05, 0.1) is 17.4 Å². The van der Waals surface area contributed by atoms with Crippen LogP contribution in [0.3, 0.4) is 0 Å². The first-order valence-electron chi connectivity index (χ1n) is 5.21. The van der Waals surface area contributed by atoms with Crippen LogP contribution in [-0.4, -0.2) is 19.1 Å². The third-order valence-electron chi connectivity index (χ3n) is 1.89. The van der Waals surface area contributed by atoms with Gasteiger partial charge < -0.3 is 14.8 Å². The SMILES string of the molecule is CCCC[N-]C(=O)c1sccc1OCC.[Y]. The second kappa shape index (κ2) is 9.14. The van der Waals surface area contributed by atoms with Crippen molar-refractivity contribution in [2.75, 3.05) is 13.2 Å². The fourth-order valence-electron chi connectivity index (χ4n) is 1.13. The summed E-state index contributed by atoms with van der Waals surface area (Å²) in [7, 11) is 0. The van der Waals surface area contributed by atoms with Crippen molar-refractivity contribution < 1.29 is 42.2 Å². The molecule has 0 saturated heterocycles. The van der Waals surface area contributed by atoms with Gasteiger partial charge in [-0.1, -0.05) is 19.8 Å². The average molecular weight is 315 g/mol. The zero-order valence-electron chi connectivity index (χ0n) is 9.73. The van der Waals surface area contributed by atoms with E-state index in [1.165, 1.54) is 11.3 Å². The van der Waals surface area contributed by atoms with Crippen molar-refractivity contribution in [3.63, 3.8) is 0 Å². The van der Waals surface area contributed by atoms with E-state index in [9.17, 15) is 4.79 Å². The number of hydrogen-bond donors (Lipinski definition) is 0. The fourth-order valence-corrected chi connectivity index (χ4v) is 1.87. The van der Waals surface area contributed by atoms with Crippen LogP contribution < -0.4 is 4.74 Å². The standard InChI is InChI=1S/C11H17NO2S.Y/c1-3-5-7-12-11(13)10-9(14-4-2)6-8-15-10;/h6,8H,3-5,7H2,1-2H3,(H,12,13);/p-1. The second-order valence-electron chi connectivity index (χ2n) is 3.09. The number of carbonyl (C=O) groups is 1. The molecule has 87 valence electrons. The number of hydrogen-bond acceptors (Lipinski definition) is 3. The predicted octanol–water partition coefficient (Wildman–Crippen LogP) is 3.46. The van der Waals surface area contributed by atoms with Crippen LogP contribution in [0.25, 0.3) is 5.32 Å². The minimum atomic E-state index is -0.151. The van der Waals surface area contributed by atoms with E-state index in [1.54, 1.807) is 0 Å². The van der Waals surface area contributed by atoms with E-state index in [0.29, 0.717) is 23.8 Å².